The molecule has 0 aliphatic carbocycles. The van der Waals surface area contributed by atoms with Crippen molar-refractivity contribution in [3.63, 3.8) is 0 Å². The highest BCUT2D eigenvalue weighted by molar-refractivity contribution is 5.71. The molecule has 0 radical (unpaired) electrons. The number of nitro groups is 1. The zero-order valence-electron chi connectivity index (χ0n) is 11.2. The van der Waals surface area contributed by atoms with E-state index in [0.29, 0.717) is 23.8 Å². The zero-order chi connectivity index (χ0) is 14.7. The summed E-state index contributed by atoms with van der Waals surface area (Å²) in [6, 6.07) is 4.70. The van der Waals surface area contributed by atoms with Crippen LogP contribution < -0.4 is 10.5 Å². The van der Waals surface area contributed by atoms with Crippen molar-refractivity contribution in [2.24, 2.45) is 12.8 Å². The molecule has 1 aromatic carbocycles. The van der Waals surface area contributed by atoms with E-state index in [1.54, 1.807) is 30.7 Å². The van der Waals surface area contributed by atoms with Gasteiger partial charge < -0.3 is 15.0 Å². The SMILES string of the molecule is CCOc1c(-c2nnc(CN)n2C)cccc1[N+](=O)[O-]. The monoisotopic (exact) mass is 277 g/mol. The fourth-order valence-corrected chi connectivity index (χ4v) is 1.91. The van der Waals surface area contributed by atoms with Crippen LogP contribution in [0.5, 0.6) is 5.75 Å². The summed E-state index contributed by atoms with van der Waals surface area (Å²) in [7, 11) is 1.76. The van der Waals surface area contributed by atoms with Crippen molar-refractivity contribution in [3.8, 4) is 17.1 Å². The third-order valence-corrected chi connectivity index (χ3v) is 2.87. The van der Waals surface area contributed by atoms with Crippen molar-refractivity contribution in [1.29, 1.82) is 0 Å². The summed E-state index contributed by atoms with van der Waals surface area (Å²) in [6.45, 7) is 2.32. The molecule has 2 rings (SSSR count). The highest BCUT2D eigenvalue weighted by Gasteiger charge is 2.23. The molecule has 106 valence electrons. The van der Waals surface area contributed by atoms with Gasteiger partial charge in [-0.3, -0.25) is 10.1 Å². The number of ether oxygens (including phenoxy) is 1. The summed E-state index contributed by atoms with van der Waals surface area (Å²) in [5.41, 5.74) is 5.98. The normalized spacial score (nSPS) is 10.6. The maximum atomic E-state index is 11.1. The summed E-state index contributed by atoms with van der Waals surface area (Å²) in [5, 5.41) is 19.1. The van der Waals surface area contributed by atoms with Crippen molar-refractivity contribution >= 4 is 5.69 Å². The highest BCUT2D eigenvalue weighted by Crippen LogP contribution is 2.36. The fraction of sp³-hybridized carbons (Fsp3) is 0.333. The molecule has 1 heterocycles. The second kappa shape index (κ2) is 5.66. The van der Waals surface area contributed by atoms with Gasteiger partial charge in [-0.1, -0.05) is 6.07 Å². The Morgan fingerprint density at radius 1 is 1.45 bits per heavy atom. The van der Waals surface area contributed by atoms with E-state index < -0.39 is 4.92 Å². The van der Waals surface area contributed by atoms with Gasteiger partial charge in [-0.05, 0) is 13.0 Å². The van der Waals surface area contributed by atoms with Crippen LogP contribution in [0.4, 0.5) is 5.69 Å². The van der Waals surface area contributed by atoms with Gasteiger partial charge in [-0.2, -0.15) is 0 Å². The molecule has 0 spiro atoms. The molecule has 2 N–H and O–H groups in total. The molecule has 0 saturated carbocycles. The second-order valence-electron chi connectivity index (χ2n) is 4.05. The number of para-hydroxylation sites is 1. The van der Waals surface area contributed by atoms with E-state index in [1.807, 2.05) is 0 Å². The predicted octanol–water partition coefficient (Wildman–Crippen LogP) is 1.25. The Hall–Kier alpha value is -2.48. The number of hydrogen-bond donors (Lipinski definition) is 1. The number of rotatable bonds is 5. The van der Waals surface area contributed by atoms with E-state index in [1.165, 1.54) is 6.07 Å². The quantitative estimate of drug-likeness (QED) is 0.650. The molecule has 0 bridgehead atoms. The number of nitrogens with zero attached hydrogens (tertiary/aromatic N) is 4. The number of hydrogen-bond acceptors (Lipinski definition) is 6. The first-order valence-electron chi connectivity index (χ1n) is 6.09. The molecule has 2 aromatic rings. The van der Waals surface area contributed by atoms with Gasteiger partial charge in [0.05, 0.1) is 23.6 Å². The van der Waals surface area contributed by atoms with Gasteiger partial charge in [0.1, 0.15) is 5.82 Å². The molecule has 0 unspecified atom stereocenters. The second-order valence-corrected chi connectivity index (χ2v) is 4.05. The van der Waals surface area contributed by atoms with E-state index in [2.05, 4.69) is 10.2 Å². The summed E-state index contributed by atoms with van der Waals surface area (Å²) >= 11 is 0. The van der Waals surface area contributed by atoms with Crippen LogP contribution in [-0.2, 0) is 13.6 Å². The molecule has 8 heteroatoms. The van der Waals surface area contributed by atoms with Gasteiger partial charge in [0.15, 0.2) is 5.82 Å². The van der Waals surface area contributed by atoms with Gasteiger partial charge >= 0.3 is 5.69 Å². The molecular weight excluding hydrogens is 262 g/mol. The van der Waals surface area contributed by atoms with Gasteiger partial charge in [-0.25, -0.2) is 0 Å². The minimum absolute atomic E-state index is 0.0957. The highest BCUT2D eigenvalue weighted by atomic mass is 16.6. The largest absolute Gasteiger partial charge is 0.487 e. The van der Waals surface area contributed by atoms with Gasteiger partial charge in [-0.15, -0.1) is 10.2 Å². The Kier molecular flexibility index (Phi) is 3.94. The van der Waals surface area contributed by atoms with Crippen LogP contribution in [0.1, 0.15) is 12.7 Å². The molecule has 8 nitrogen and oxygen atoms in total. The van der Waals surface area contributed by atoms with Crippen molar-refractivity contribution in [2.45, 2.75) is 13.5 Å². The topological polar surface area (TPSA) is 109 Å². The molecule has 0 aliphatic rings. The average molecular weight is 277 g/mol. The van der Waals surface area contributed by atoms with Crippen LogP contribution in [0, 0.1) is 10.1 Å². The van der Waals surface area contributed by atoms with E-state index in [-0.39, 0.29) is 18.0 Å². The average Bonchev–Trinajstić information content (AvgIpc) is 2.80. The Morgan fingerprint density at radius 3 is 2.75 bits per heavy atom. The molecule has 20 heavy (non-hydrogen) atoms. The molecule has 0 fully saturated rings. The Labute approximate surface area is 115 Å². The van der Waals surface area contributed by atoms with Crippen LogP contribution in [-0.4, -0.2) is 26.3 Å². The molecule has 0 aliphatic heterocycles. The van der Waals surface area contributed by atoms with Crippen LogP contribution in [0.15, 0.2) is 18.2 Å². The summed E-state index contributed by atoms with van der Waals surface area (Å²) in [5.74, 6) is 1.27. The molecular formula is C12H15N5O3. The third kappa shape index (κ3) is 2.32. The van der Waals surface area contributed by atoms with E-state index >= 15 is 0 Å². The lowest BCUT2D eigenvalue weighted by Crippen LogP contribution is -2.06. The van der Waals surface area contributed by atoms with Crippen molar-refractivity contribution in [3.05, 3.63) is 34.1 Å². The lowest BCUT2D eigenvalue weighted by atomic mass is 10.1. The molecule has 0 atom stereocenters. The van der Waals surface area contributed by atoms with Crippen molar-refractivity contribution in [1.82, 2.24) is 14.8 Å². The van der Waals surface area contributed by atoms with Crippen LogP contribution in [0.2, 0.25) is 0 Å². The minimum Gasteiger partial charge on any atom is -0.487 e. The smallest absolute Gasteiger partial charge is 0.311 e. The number of benzene rings is 1. The van der Waals surface area contributed by atoms with Gasteiger partial charge in [0, 0.05) is 13.1 Å². The molecule has 0 amide bonds. The fourth-order valence-electron chi connectivity index (χ4n) is 1.91. The summed E-state index contributed by atoms with van der Waals surface area (Å²) < 4.78 is 7.12. The molecule has 1 aromatic heterocycles. The Bertz CT molecular complexity index is 638. The number of nitro benzene ring substituents is 1. The van der Waals surface area contributed by atoms with Crippen LogP contribution in [0.3, 0.4) is 0 Å². The predicted molar refractivity (Wildman–Crippen MR) is 72.2 cm³/mol. The van der Waals surface area contributed by atoms with E-state index in [0.717, 1.165) is 0 Å². The first kappa shape index (κ1) is 13.9. The van der Waals surface area contributed by atoms with Gasteiger partial charge in [0.2, 0.25) is 5.75 Å². The molecule has 0 saturated heterocycles. The first-order chi connectivity index (χ1) is 9.60. The third-order valence-electron chi connectivity index (χ3n) is 2.87. The summed E-state index contributed by atoms with van der Waals surface area (Å²) in [6.07, 6.45) is 0. The van der Waals surface area contributed by atoms with Crippen molar-refractivity contribution in [2.75, 3.05) is 6.61 Å². The van der Waals surface area contributed by atoms with E-state index in [9.17, 15) is 10.1 Å². The first-order valence-corrected chi connectivity index (χ1v) is 6.09. The zero-order valence-corrected chi connectivity index (χ0v) is 11.2. The summed E-state index contributed by atoms with van der Waals surface area (Å²) in [4.78, 5) is 10.6. The van der Waals surface area contributed by atoms with Gasteiger partial charge in [0.25, 0.3) is 0 Å². The van der Waals surface area contributed by atoms with E-state index in [4.69, 9.17) is 10.5 Å². The van der Waals surface area contributed by atoms with Crippen LogP contribution in [0.25, 0.3) is 11.4 Å². The number of aromatic nitrogens is 3. The van der Waals surface area contributed by atoms with Crippen LogP contribution >= 0.6 is 0 Å². The Balaban J connectivity index is 2.63. The lowest BCUT2D eigenvalue weighted by Gasteiger charge is -2.10. The maximum Gasteiger partial charge on any atom is 0.311 e. The minimum atomic E-state index is -0.477. The lowest BCUT2D eigenvalue weighted by molar-refractivity contribution is -0.385. The Morgan fingerprint density at radius 2 is 2.20 bits per heavy atom. The van der Waals surface area contributed by atoms with Crippen molar-refractivity contribution < 1.29 is 9.66 Å². The standard InChI is InChI=1S/C12H15N5O3/c1-3-20-11-8(5-4-6-9(11)17(18)19)12-15-14-10(7-13)16(12)2/h4-6H,3,7,13H2,1-2H3. The maximum absolute atomic E-state index is 11.1. The number of nitrogens with two attached hydrogens (primary N) is 1.